The second-order valence-electron chi connectivity index (χ2n) is 5.89. The summed E-state index contributed by atoms with van der Waals surface area (Å²) in [5.41, 5.74) is 5.00. The van der Waals surface area contributed by atoms with Crippen molar-refractivity contribution in [3.63, 3.8) is 0 Å². The van der Waals surface area contributed by atoms with E-state index in [4.69, 9.17) is 5.73 Å². The fourth-order valence-corrected chi connectivity index (χ4v) is 2.41. The lowest BCUT2D eigenvalue weighted by Gasteiger charge is -2.43. The van der Waals surface area contributed by atoms with E-state index in [9.17, 15) is 13.2 Å². The van der Waals surface area contributed by atoms with Crippen LogP contribution in [-0.4, -0.2) is 48.1 Å². The van der Waals surface area contributed by atoms with Crippen molar-refractivity contribution in [1.82, 2.24) is 9.88 Å². The monoisotopic (exact) mass is 302 g/mol. The van der Waals surface area contributed by atoms with Crippen LogP contribution < -0.4 is 10.6 Å². The lowest BCUT2D eigenvalue weighted by Crippen LogP contribution is -2.57. The van der Waals surface area contributed by atoms with Gasteiger partial charge in [0.1, 0.15) is 5.82 Å². The van der Waals surface area contributed by atoms with Gasteiger partial charge in [-0.1, -0.05) is 0 Å². The van der Waals surface area contributed by atoms with Gasteiger partial charge in [0.25, 0.3) is 0 Å². The summed E-state index contributed by atoms with van der Waals surface area (Å²) in [6.07, 6.45) is -3.44. The predicted octanol–water partition coefficient (Wildman–Crippen LogP) is 1.96. The highest BCUT2D eigenvalue weighted by Crippen LogP contribution is 2.29. The summed E-state index contributed by atoms with van der Waals surface area (Å²) in [6, 6.07) is 2.52. The molecular formula is C14H21F3N4. The van der Waals surface area contributed by atoms with Gasteiger partial charge in [-0.15, -0.1) is 0 Å². The first-order chi connectivity index (χ1) is 9.74. The normalized spacial score (nSPS) is 18.1. The fraction of sp³-hybridized carbons (Fsp3) is 0.643. The zero-order valence-corrected chi connectivity index (χ0v) is 12.3. The Morgan fingerprint density at radius 1 is 1.14 bits per heavy atom. The molecule has 118 valence electrons. The number of pyridine rings is 1. The molecule has 0 amide bonds. The van der Waals surface area contributed by atoms with Crippen LogP contribution in [-0.2, 0) is 6.18 Å². The van der Waals surface area contributed by atoms with Gasteiger partial charge in [-0.05, 0) is 26.0 Å². The molecule has 0 unspecified atom stereocenters. The minimum Gasteiger partial charge on any atom is -0.354 e. The number of anilines is 1. The SMILES string of the molecule is CC(C)(CN)N1CCN(c2ccc(C(F)(F)F)cn2)CC1. The molecule has 7 heteroatoms. The summed E-state index contributed by atoms with van der Waals surface area (Å²) >= 11 is 0. The molecule has 4 nitrogen and oxygen atoms in total. The average molecular weight is 302 g/mol. The Hall–Kier alpha value is -1.34. The number of nitrogens with two attached hydrogens (primary N) is 1. The first kappa shape index (κ1) is 16.0. The molecule has 0 bridgehead atoms. The van der Waals surface area contributed by atoms with E-state index < -0.39 is 11.7 Å². The van der Waals surface area contributed by atoms with Crippen LogP contribution in [0.5, 0.6) is 0 Å². The van der Waals surface area contributed by atoms with Gasteiger partial charge in [0.05, 0.1) is 5.56 Å². The highest BCUT2D eigenvalue weighted by atomic mass is 19.4. The number of aromatic nitrogens is 1. The van der Waals surface area contributed by atoms with Crippen molar-refractivity contribution in [1.29, 1.82) is 0 Å². The minimum atomic E-state index is -4.34. The predicted molar refractivity (Wildman–Crippen MR) is 76.2 cm³/mol. The van der Waals surface area contributed by atoms with E-state index in [2.05, 4.69) is 23.7 Å². The van der Waals surface area contributed by atoms with Crippen LogP contribution in [0.3, 0.4) is 0 Å². The fourth-order valence-electron chi connectivity index (χ4n) is 2.41. The molecule has 2 rings (SSSR count). The largest absolute Gasteiger partial charge is 0.417 e. The highest BCUT2D eigenvalue weighted by Gasteiger charge is 2.32. The molecule has 2 N–H and O–H groups in total. The van der Waals surface area contributed by atoms with E-state index in [1.54, 1.807) is 0 Å². The summed E-state index contributed by atoms with van der Waals surface area (Å²) in [5.74, 6) is 0.591. The number of hydrogen-bond acceptors (Lipinski definition) is 4. The van der Waals surface area contributed by atoms with E-state index in [-0.39, 0.29) is 5.54 Å². The quantitative estimate of drug-likeness (QED) is 0.927. The third-order valence-corrected chi connectivity index (χ3v) is 4.03. The third-order valence-electron chi connectivity index (χ3n) is 4.03. The zero-order valence-electron chi connectivity index (χ0n) is 12.3. The highest BCUT2D eigenvalue weighted by molar-refractivity contribution is 5.40. The van der Waals surface area contributed by atoms with E-state index in [0.29, 0.717) is 12.4 Å². The molecule has 0 saturated carbocycles. The van der Waals surface area contributed by atoms with E-state index >= 15 is 0 Å². The first-order valence-corrected chi connectivity index (χ1v) is 6.97. The number of hydrogen-bond donors (Lipinski definition) is 1. The topological polar surface area (TPSA) is 45.4 Å². The molecule has 0 aromatic carbocycles. The van der Waals surface area contributed by atoms with Crippen LogP contribution in [0.25, 0.3) is 0 Å². The van der Waals surface area contributed by atoms with Gasteiger partial charge < -0.3 is 10.6 Å². The molecule has 0 radical (unpaired) electrons. The van der Waals surface area contributed by atoms with Crippen molar-refractivity contribution in [2.24, 2.45) is 5.73 Å². The Morgan fingerprint density at radius 2 is 1.76 bits per heavy atom. The van der Waals surface area contributed by atoms with Gasteiger partial charge in [-0.3, -0.25) is 4.90 Å². The lowest BCUT2D eigenvalue weighted by molar-refractivity contribution is -0.137. The summed E-state index contributed by atoms with van der Waals surface area (Å²) in [7, 11) is 0. The second kappa shape index (κ2) is 5.81. The number of alkyl halides is 3. The van der Waals surface area contributed by atoms with Crippen molar-refractivity contribution in [3.8, 4) is 0 Å². The van der Waals surface area contributed by atoms with Crippen LogP contribution >= 0.6 is 0 Å². The molecule has 1 aromatic heterocycles. The van der Waals surface area contributed by atoms with Crippen LogP contribution in [0.4, 0.5) is 19.0 Å². The van der Waals surface area contributed by atoms with Crippen molar-refractivity contribution < 1.29 is 13.2 Å². The molecule has 0 aliphatic carbocycles. The summed E-state index contributed by atoms with van der Waals surface area (Å²) in [5, 5.41) is 0. The maximum Gasteiger partial charge on any atom is 0.417 e. The lowest BCUT2D eigenvalue weighted by atomic mass is 10.0. The van der Waals surface area contributed by atoms with Gasteiger partial charge in [-0.25, -0.2) is 4.98 Å². The number of piperazine rings is 1. The maximum atomic E-state index is 12.5. The van der Waals surface area contributed by atoms with Gasteiger partial charge >= 0.3 is 6.18 Å². The number of nitrogens with zero attached hydrogens (tertiary/aromatic N) is 3. The Kier molecular flexibility index (Phi) is 4.43. The van der Waals surface area contributed by atoms with Gasteiger partial charge in [0, 0.05) is 44.5 Å². The number of rotatable bonds is 3. The molecular weight excluding hydrogens is 281 g/mol. The Morgan fingerprint density at radius 3 is 2.19 bits per heavy atom. The third kappa shape index (κ3) is 3.65. The molecule has 1 aliphatic rings. The minimum absolute atomic E-state index is 0.0559. The summed E-state index contributed by atoms with van der Waals surface area (Å²) in [6.45, 7) is 7.90. The Labute approximate surface area is 122 Å². The smallest absolute Gasteiger partial charge is 0.354 e. The molecule has 1 saturated heterocycles. The molecule has 1 fully saturated rings. The average Bonchev–Trinajstić information content (AvgIpc) is 2.47. The van der Waals surface area contributed by atoms with Crippen molar-refractivity contribution in [2.75, 3.05) is 37.6 Å². The van der Waals surface area contributed by atoms with Gasteiger partial charge in [-0.2, -0.15) is 13.2 Å². The van der Waals surface area contributed by atoms with Gasteiger partial charge in [0.2, 0.25) is 0 Å². The van der Waals surface area contributed by atoms with E-state index in [1.807, 2.05) is 4.90 Å². The number of halogens is 3. The van der Waals surface area contributed by atoms with E-state index in [1.165, 1.54) is 6.07 Å². The summed E-state index contributed by atoms with van der Waals surface area (Å²) < 4.78 is 37.5. The molecule has 0 spiro atoms. The van der Waals surface area contributed by atoms with Crippen LogP contribution in [0.2, 0.25) is 0 Å². The standard InChI is InChI=1S/C14H21F3N4/c1-13(2,10-18)21-7-5-20(6-8-21)12-4-3-11(9-19-12)14(15,16)17/h3-4,9H,5-8,10,18H2,1-2H3. The van der Waals surface area contributed by atoms with Gasteiger partial charge in [0.15, 0.2) is 0 Å². The molecule has 1 aromatic rings. The molecule has 1 aliphatic heterocycles. The second-order valence-corrected chi connectivity index (χ2v) is 5.89. The zero-order chi connectivity index (χ0) is 15.7. The van der Waals surface area contributed by atoms with Crippen molar-refractivity contribution in [2.45, 2.75) is 25.6 Å². The van der Waals surface area contributed by atoms with Crippen molar-refractivity contribution in [3.05, 3.63) is 23.9 Å². The Balaban J connectivity index is 2.00. The van der Waals surface area contributed by atoms with E-state index in [0.717, 1.165) is 38.4 Å². The maximum absolute atomic E-state index is 12.5. The van der Waals surface area contributed by atoms with Crippen LogP contribution in [0, 0.1) is 0 Å². The molecule has 21 heavy (non-hydrogen) atoms. The molecule has 2 heterocycles. The van der Waals surface area contributed by atoms with Crippen LogP contribution in [0.15, 0.2) is 18.3 Å². The van der Waals surface area contributed by atoms with Crippen LogP contribution in [0.1, 0.15) is 19.4 Å². The Bertz CT molecular complexity index is 462. The first-order valence-electron chi connectivity index (χ1n) is 6.97. The molecule has 0 atom stereocenters. The van der Waals surface area contributed by atoms with Crippen molar-refractivity contribution >= 4 is 5.82 Å². The summed E-state index contributed by atoms with van der Waals surface area (Å²) in [4.78, 5) is 8.24.